The Kier molecular flexibility index (Phi) is 3.34. The Labute approximate surface area is 86.0 Å². The van der Waals surface area contributed by atoms with Gasteiger partial charge in [-0.3, -0.25) is 0 Å². The molecule has 0 unspecified atom stereocenters. The van der Waals surface area contributed by atoms with Crippen LogP contribution in [0.1, 0.15) is 24.8 Å². The first-order chi connectivity index (χ1) is 5.87. The second-order valence-electron chi connectivity index (χ2n) is 3.55. The minimum atomic E-state index is 0. The van der Waals surface area contributed by atoms with Crippen LogP contribution in [0.3, 0.4) is 0 Å². The molecule has 0 amide bonds. The Hall–Kier alpha value is -0.530. The Morgan fingerprint density at radius 2 is 1.77 bits per heavy atom. The van der Waals surface area contributed by atoms with Crippen molar-refractivity contribution < 1.29 is 0 Å². The maximum absolute atomic E-state index is 3.43. The Morgan fingerprint density at radius 3 is 2.15 bits per heavy atom. The van der Waals surface area contributed by atoms with Gasteiger partial charge < -0.3 is 5.32 Å². The van der Waals surface area contributed by atoms with Gasteiger partial charge in [-0.2, -0.15) is 0 Å². The molecule has 0 saturated heterocycles. The van der Waals surface area contributed by atoms with Gasteiger partial charge in [0.15, 0.2) is 0 Å². The number of hydrogen-bond donors (Lipinski definition) is 1. The number of nitrogens with one attached hydrogen (secondary N) is 1. The lowest BCUT2D eigenvalue weighted by Gasteiger charge is -2.42. The zero-order valence-corrected chi connectivity index (χ0v) is 8.73. The van der Waals surface area contributed by atoms with Gasteiger partial charge in [0.25, 0.3) is 0 Å². The minimum absolute atomic E-state index is 0. The third kappa shape index (κ3) is 1.72. The van der Waals surface area contributed by atoms with E-state index in [0.29, 0.717) is 5.54 Å². The molecule has 1 fully saturated rings. The highest BCUT2D eigenvalue weighted by Crippen LogP contribution is 2.40. The summed E-state index contributed by atoms with van der Waals surface area (Å²) in [7, 11) is 2.06. The van der Waals surface area contributed by atoms with E-state index >= 15 is 0 Å². The number of hydrogen-bond acceptors (Lipinski definition) is 1. The number of halogens is 1. The fourth-order valence-corrected chi connectivity index (χ4v) is 1.97. The zero-order chi connectivity index (χ0) is 8.44. The van der Waals surface area contributed by atoms with Crippen molar-refractivity contribution in [1.29, 1.82) is 0 Å². The van der Waals surface area contributed by atoms with Gasteiger partial charge in [0.2, 0.25) is 0 Å². The fraction of sp³-hybridized carbons (Fsp3) is 0.455. The molecule has 1 aromatic carbocycles. The van der Waals surface area contributed by atoms with E-state index in [1.54, 1.807) is 0 Å². The summed E-state index contributed by atoms with van der Waals surface area (Å²) in [5.41, 5.74) is 1.75. The maximum atomic E-state index is 3.43. The van der Waals surface area contributed by atoms with Crippen molar-refractivity contribution in [2.75, 3.05) is 7.05 Å². The average molecular weight is 198 g/mol. The van der Waals surface area contributed by atoms with Crippen molar-refractivity contribution in [3.8, 4) is 0 Å². The Bertz CT molecular complexity index is 249. The molecule has 13 heavy (non-hydrogen) atoms. The van der Waals surface area contributed by atoms with Gasteiger partial charge >= 0.3 is 0 Å². The minimum Gasteiger partial charge on any atom is -0.310 e. The second kappa shape index (κ2) is 4.12. The summed E-state index contributed by atoms with van der Waals surface area (Å²) < 4.78 is 0. The summed E-state index contributed by atoms with van der Waals surface area (Å²) in [4.78, 5) is 0. The van der Waals surface area contributed by atoms with Crippen LogP contribution < -0.4 is 5.32 Å². The lowest BCUT2D eigenvalue weighted by atomic mass is 9.72. The molecule has 1 saturated carbocycles. The van der Waals surface area contributed by atoms with Crippen LogP contribution in [0.25, 0.3) is 0 Å². The van der Waals surface area contributed by atoms with Crippen molar-refractivity contribution in [3.63, 3.8) is 0 Å². The molecule has 0 heterocycles. The smallest absolute Gasteiger partial charge is 0.0432 e. The normalized spacial score (nSPS) is 18.5. The Morgan fingerprint density at radius 1 is 1.15 bits per heavy atom. The van der Waals surface area contributed by atoms with E-state index in [4.69, 9.17) is 0 Å². The molecule has 1 aromatic rings. The maximum Gasteiger partial charge on any atom is 0.0432 e. The molecule has 1 aliphatic rings. The third-order valence-corrected chi connectivity index (χ3v) is 3.01. The van der Waals surface area contributed by atoms with E-state index in [0.717, 1.165) is 0 Å². The molecule has 2 rings (SSSR count). The molecule has 0 aliphatic heterocycles. The highest BCUT2D eigenvalue weighted by Gasteiger charge is 2.36. The Balaban J connectivity index is 0.000000845. The predicted molar refractivity (Wildman–Crippen MR) is 58.3 cm³/mol. The molecule has 0 spiro atoms. The van der Waals surface area contributed by atoms with Crippen molar-refractivity contribution in [1.82, 2.24) is 5.32 Å². The van der Waals surface area contributed by atoms with Crippen LogP contribution in [0.15, 0.2) is 30.3 Å². The number of benzene rings is 1. The molecule has 0 radical (unpaired) electrons. The van der Waals surface area contributed by atoms with Crippen LogP contribution >= 0.6 is 12.4 Å². The van der Waals surface area contributed by atoms with Crippen LogP contribution in [-0.4, -0.2) is 7.05 Å². The molecule has 72 valence electrons. The first-order valence-corrected chi connectivity index (χ1v) is 4.62. The fourth-order valence-electron chi connectivity index (χ4n) is 1.97. The lowest BCUT2D eigenvalue weighted by Crippen LogP contribution is -2.45. The van der Waals surface area contributed by atoms with Gasteiger partial charge in [0, 0.05) is 5.54 Å². The molecular weight excluding hydrogens is 182 g/mol. The van der Waals surface area contributed by atoms with Crippen molar-refractivity contribution in [2.24, 2.45) is 0 Å². The molecule has 0 bridgehead atoms. The molecule has 1 nitrogen and oxygen atoms in total. The molecule has 1 aliphatic carbocycles. The molecule has 0 aromatic heterocycles. The second-order valence-corrected chi connectivity index (χ2v) is 3.55. The van der Waals surface area contributed by atoms with Gasteiger partial charge in [0.05, 0.1) is 0 Å². The monoisotopic (exact) mass is 197 g/mol. The van der Waals surface area contributed by atoms with Crippen LogP contribution in [0.2, 0.25) is 0 Å². The van der Waals surface area contributed by atoms with Gasteiger partial charge in [-0.1, -0.05) is 30.3 Å². The van der Waals surface area contributed by atoms with Crippen molar-refractivity contribution in [3.05, 3.63) is 35.9 Å². The summed E-state index contributed by atoms with van der Waals surface area (Å²) in [5, 5.41) is 3.43. The van der Waals surface area contributed by atoms with E-state index in [-0.39, 0.29) is 12.4 Å². The third-order valence-electron chi connectivity index (χ3n) is 3.01. The zero-order valence-electron chi connectivity index (χ0n) is 7.92. The summed E-state index contributed by atoms with van der Waals surface area (Å²) in [5.74, 6) is 0. The highest BCUT2D eigenvalue weighted by molar-refractivity contribution is 5.85. The highest BCUT2D eigenvalue weighted by atomic mass is 35.5. The largest absolute Gasteiger partial charge is 0.310 e. The molecule has 2 heteroatoms. The number of rotatable bonds is 2. The van der Waals surface area contributed by atoms with E-state index in [1.165, 1.54) is 24.8 Å². The summed E-state index contributed by atoms with van der Waals surface area (Å²) in [6.45, 7) is 0. The molecule has 1 N–H and O–H groups in total. The summed E-state index contributed by atoms with van der Waals surface area (Å²) >= 11 is 0. The van der Waals surface area contributed by atoms with E-state index in [1.807, 2.05) is 0 Å². The first-order valence-electron chi connectivity index (χ1n) is 4.62. The topological polar surface area (TPSA) is 12.0 Å². The van der Waals surface area contributed by atoms with Crippen LogP contribution in [-0.2, 0) is 5.54 Å². The summed E-state index contributed by atoms with van der Waals surface area (Å²) in [6, 6.07) is 10.7. The van der Waals surface area contributed by atoms with Crippen LogP contribution in [0.5, 0.6) is 0 Å². The van der Waals surface area contributed by atoms with Crippen molar-refractivity contribution >= 4 is 12.4 Å². The quantitative estimate of drug-likeness (QED) is 0.769. The van der Waals surface area contributed by atoms with Gasteiger partial charge in [-0.25, -0.2) is 0 Å². The van der Waals surface area contributed by atoms with E-state index < -0.39 is 0 Å². The van der Waals surface area contributed by atoms with E-state index in [2.05, 4.69) is 42.7 Å². The van der Waals surface area contributed by atoms with Gasteiger partial charge in [0.1, 0.15) is 0 Å². The van der Waals surface area contributed by atoms with E-state index in [9.17, 15) is 0 Å². The average Bonchev–Trinajstić information content (AvgIpc) is 2.05. The SMILES string of the molecule is CNC1(c2ccccc2)CCC1.Cl. The van der Waals surface area contributed by atoms with Gasteiger partial charge in [-0.05, 0) is 31.9 Å². The van der Waals surface area contributed by atoms with Crippen molar-refractivity contribution in [2.45, 2.75) is 24.8 Å². The molecule has 0 atom stereocenters. The molecular formula is C11H16ClN. The lowest BCUT2D eigenvalue weighted by molar-refractivity contribution is 0.201. The van der Waals surface area contributed by atoms with Crippen LogP contribution in [0, 0.1) is 0 Å². The van der Waals surface area contributed by atoms with Gasteiger partial charge in [-0.15, -0.1) is 12.4 Å². The summed E-state index contributed by atoms with van der Waals surface area (Å²) in [6.07, 6.45) is 3.93. The van der Waals surface area contributed by atoms with Crippen LogP contribution in [0.4, 0.5) is 0 Å². The standard InChI is InChI=1S/C11H15N.ClH/c1-12-11(8-5-9-11)10-6-3-2-4-7-10;/h2-4,6-7,12H,5,8-9H2,1H3;1H. The predicted octanol–water partition coefficient (Wildman–Crippen LogP) is 2.71. The first kappa shape index (κ1) is 10.6.